The monoisotopic (exact) mass is 394 g/mol. The zero-order valence-corrected chi connectivity index (χ0v) is 14.1. The maximum atomic E-state index is 11.7. The van der Waals surface area contributed by atoms with E-state index < -0.39 is 32.9 Å². The Balaban J connectivity index is 2.04. The van der Waals surface area contributed by atoms with Crippen LogP contribution in [0.2, 0.25) is 5.02 Å². The molecule has 0 bridgehead atoms. The molecule has 2 aromatic carbocycles. The lowest BCUT2D eigenvalue weighted by Crippen LogP contribution is -2.24. The third-order valence-corrected chi connectivity index (χ3v) is 3.34. The topological polar surface area (TPSA) is 157 Å². The van der Waals surface area contributed by atoms with Crippen LogP contribution in [-0.2, 0) is 4.79 Å². The van der Waals surface area contributed by atoms with E-state index >= 15 is 0 Å². The Hall–Kier alpha value is -3.73. The third-order valence-electron chi connectivity index (χ3n) is 3.09. The molecule has 0 atom stereocenters. The van der Waals surface area contributed by atoms with Crippen molar-refractivity contribution < 1.29 is 24.5 Å². The normalized spacial score (nSPS) is 10.6. The number of hydrogen-bond acceptors (Lipinski definition) is 8. The second kappa shape index (κ2) is 8.58. The summed E-state index contributed by atoms with van der Waals surface area (Å²) >= 11 is 5.72. The zero-order valence-electron chi connectivity index (χ0n) is 13.4. The van der Waals surface area contributed by atoms with Crippen molar-refractivity contribution in [3.05, 3.63) is 67.2 Å². The fourth-order valence-electron chi connectivity index (χ4n) is 1.85. The smallest absolute Gasteiger partial charge is 0.318 e. The Labute approximate surface area is 156 Å². The van der Waals surface area contributed by atoms with E-state index in [0.29, 0.717) is 16.8 Å². The lowest BCUT2D eigenvalue weighted by molar-refractivity contribution is -0.394. The molecule has 12 heteroatoms. The highest BCUT2D eigenvalue weighted by Crippen LogP contribution is 2.33. The summed E-state index contributed by atoms with van der Waals surface area (Å²) in [5, 5.41) is 35.5. The second-order valence-electron chi connectivity index (χ2n) is 4.95. The lowest BCUT2D eigenvalue weighted by atomic mass is 10.1. The molecule has 27 heavy (non-hydrogen) atoms. The highest BCUT2D eigenvalue weighted by molar-refractivity contribution is 6.30. The van der Waals surface area contributed by atoms with E-state index in [4.69, 9.17) is 16.3 Å². The number of aromatic hydroxyl groups is 1. The standard InChI is InChI=1S/C15H11ClN4O7/c16-10-1-3-12(4-2-10)27-8-14(21)18-17-7-9-5-11(19(23)24)6-13(15(9)22)20(25)26/h1-7,22H,8H2,(H,18,21)/b17-7-. The Bertz CT molecular complexity index is 915. The highest BCUT2D eigenvalue weighted by Gasteiger charge is 2.23. The number of nitro groups is 2. The van der Waals surface area contributed by atoms with E-state index in [1.54, 1.807) is 24.3 Å². The van der Waals surface area contributed by atoms with E-state index in [0.717, 1.165) is 12.3 Å². The van der Waals surface area contributed by atoms with Crippen LogP contribution in [0.3, 0.4) is 0 Å². The average molecular weight is 395 g/mol. The third kappa shape index (κ3) is 5.37. The average Bonchev–Trinajstić information content (AvgIpc) is 2.62. The number of phenols is 1. The number of nitro benzene ring substituents is 2. The van der Waals surface area contributed by atoms with Crippen LogP contribution in [0.25, 0.3) is 0 Å². The van der Waals surface area contributed by atoms with E-state index in [2.05, 4.69) is 10.5 Å². The summed E-state index contributed by atoms with van der Waals surface area (Å²) in [4.78, 5) is 31.5. The molecule has 0 saturated heterocycles. The Kier molecular flexibility index (Phi) is 6.23. The first kappa shape index (κ1) is 19.6. The Morgan fingerprint density at radius 1 is 1.22 bits per heavy atom. The Morgan fingerprint density at radius 2 is 1.89 bits per heavy atom. The predicted molar refractivity (Wildman–Crippen MR) is 94.1 cm³/mol. The minimum absolute atomic E-state index is 0.310. The molecular formula is C15H11ClN4O7. The van der Waals surface area contributed by atoms with Crippen LogP contribution in [0.1, 0.15) is 5.56 Å². The van der Waals surface area contributed by atoms with Crippen molar-refractivity contribution in [3.8, 4) is 11.5 Å². The van der Waals surface area contributed by atoms with Crippen molar-refractivity contribution in [1.82, 2.24) is 5.43 Å². The molecule has 0 aromatic heterocycles. The predicted octanol–water partition coefficient (Wildman–Crippen LogP) is 2.39. The number of benzene rings is 2. The number of nitrogens with zero attached hydrogens (tertiary/aromatic N) is 3. The summed E-state index contributed by atoms with van der Waals surface area (Å²) < 4.78 is 5.18. The van der Waals surface area contributed by atoms with Gasteiger partial charge in [-0.25, -0.2) is 5.43 Å². The highest BCUT2D eigenvalue weighted by atomic mass is 35.5. The zero-order chi connectivity index (χ0) is 20.0. The van der Waals surface area contributed by atoms with Gasteiger partial charge >= 0.3 is 5.69 Å². The van der Waals surface area contributed by atoms with Crippen molar-refractivity contribution in [1.29, 1.82) is 0 Å². The van der Waals surface area contributed by atoms with Gasteiger partial charge in [-0.3, -0.25) is 25.0 Å². The molecule has 0 saturated carbocycles. The molecular weight excluding hydrogens is 384 g/mol. The van der Waals surface area contributed by atoms with Crippen LogP contribution < -0.4 is 10.2 Å². The summed E-state index contributed by atoms with van der Waals surface area (Å²) in [6.45, 7) is -0.389. The van der Waals surface area contributed by atoms with Crippen molar-refractivity contribution in [3.63, 3.8) is 0 Å². The molecule has 1 amide bonds. The summed E-state index contributed by atoms with van der Waals surface area (Å²) in [5.74, 6) is -1.09. The molecule has 0 radical (unpaired) electrons. The van der Waals surface area contributed by atoms with Crippen LogP contribution in [0, 0.1) is 20.2 Å². The van der Waals surface area contributed by atoms with Crippen LogP contribution in [0.15, 0.2) is 41.5 Å². The molecule has 0 unspecified atom stereocenters. The fraction of sp³-hybridized carbons (Fsp3) is 0.0667. The number of hydrazone groups is 1. The van der Waals surface area contributed by atoms with E-state index in [-0.39, 0.29) is 12.2 Å². The van der Waals surface area contributed by atoms with Gasteiger partial charge in [-0.2, -0.15) is 5.10 Å². The second-order valence-corrected chi connectivity index (χ2v) is 5.39. The molecule has 2 N–H and O–H groups in total. The largest absolute Gasteiger partial charge is 0.502 e. The van der Waals surface area contributed by atoms with E-state index in [1.807, 2.05) is 0 Å². The van der Waals surface area contributed by atoms with Crippen LogP contribution in [0.5, 0.6) is 11.5 Å². The van der Waals surface area contributed by atoms with Gasteiger partial charge in [0, 0.05) is 11.1 Å². The minimum Gasteiger partial charge on any atom is -0.502 e. The number of hydrogen-bond donors (Lipinski definition) is 2. The van der Waals surface area contributed by atoms with Gasteiger partial charge in [-0.05, 0) is 24.3 Å². The quantitative estimate of drug-likeness (QED) is 0.414. The molecule has 0 aliphatic heterocycles. The molecule has 0 aliphatic carbocycles. The van der Waals surface area contributed by atoms with Crippen molar-refractivity contribution >= 4 is 35.1 Å². The molecule has 0 aliphatic rings. The molecule has 2 rings (SSSR count). The summed E-state index contributed by atoms with van der Waals surface area (Å²) in [6.07, 6.45) is 0.843. The van der Waals surface area contributed by atoms with Gasteiger partial charge in [-0.15, -0.1) is 0 Å². The molecule has 140 valence electrons. The van der Waals surface area contributed by atoms with Gasteiger partial charge in [0.05, 0.1) is 27.7 Å². The van der Waals surface area contributed by atoms with Gasteiger partial charge in [-0.1, -0.05) is 11.6 Å². The SMILES string of the molecule is O=C(COc1ccc(Cl)cc1)N/N=C\c1cc([N+](=O)[O-])cc([N+](=O)[O-])c1O. The van der Waals surface area contributed by atoms with Crippen LogP contribution in [-0.4, -0.2) is 33.7 Å². The van der Waals surface area contributed by atoms with Crippen molar-refractivity contribution in [2.24, 2.45) is 5.10 Å². The number of amides is 1. The molecule has 11 nitrogen and oxygen atoms in total. The summed E-state index contributed by atoms with van der Waals surface area (Å²) in [6, 6.07) is 7.75. The van der Waals surface area contributed by atoms with Crippen LogP contribution >= 0.6 is 11.6 Å². The fourth-order valence-corrected chi connectivity index (χ4v) is 1.98. The minimum atomic E-state index is -0.974. The lowest BCUT2D eigenvalue weighted by Gasteiger charge is -2.05. The van der Waals surface area contributed by atoms with Gasteiger partial charge in [0.25, 0.3) is 11.6 Å². The molecule has 0 spiro atoms. The molecule has 2 aromatic rings. The van der Waals surface area contributed by atoms with Gasteiger partial charge in [0.1, 0.15) is 5.75 Å². The first-order valence-corrected chi connectivity index (χ1v) is 7.52. The summed E-state index contributed by atoms with van der Waals surface area (Å²) in [5.41, 5.74) is 0.285. The van der Waals surface area contributed by atoms with Crippen LogP contribution in [0.4, 0.5) is 11.4 Å². The van der Waals surface area contributed by atoms with Gasteiger partial charge in [0.2, 0.25) is 5.75 Å². The number of carbonyl (C=O) groups excluding carboxylic acids is 1. The number of carbonyl (C=O) groups is 1. The number of ether oxygens (including phenoxy) is 1. The number of non-ortho nitro benzene ring substituents is 1. The number of phenolic OH excluding ortho intramolecular Hbond substituents is 1. The molecule has 0 fully saturated rings. The maximum absolute atomic E-state index is 11.7. The van der Waals surface area contributed by atoms with E-state index in [1.165, 1.54) is 0 Å². The summed E-state index contributed by atoms with van der Waals surface area (Å²) in [7, 11) is 0. The first-order valence-electron chi connectivity index (χ1n) is 7.14. The maximum Gasteiger partial charge on any atom is 0.318 e. The van der Waals surface area contributed by atoms with Crippen molar-refractivity contribution in [2.75, 3.05) is 6.61 Å². The Morgan fingerprint density at radius 3 is 2.48 bits per heavy atom. The van der Waals surface area contributed by atoms with Gasteiger partial charge < -0.3 is 9.84 Å². The number of nitrogens with one attached hydrogen (secondary N) is 1. The first-order chi connectivity index (χ1) is 12.8. The van der Waals surface area contributed by atoms with E-state index in [9.17, 15) is 30.1 Å². The van der Waals surface area contributed by atoms with Gasteiger partial charge in [0.15, 0.2) is 6.61 Å². The molecule has 0 heterocycles. The van der Waals surface area contributed by atoms with Crippen molar-refractivity contribution in [2.45, 2.75) is 0 Å². The number of halogens is 1. The number of rotatable bonds is 7.